The van der Waals surface area contributed by atoms with Crippen molar-refractivity contribution in [3.05, 3.63) is 33.8 Å². The largest absolute Gasteiger partial charge is 0.434 e. The molecule has 2 aromatic rings. The number of aryl methyl sites for hydroxylation is 2. The molecule has 1 aliphatic heterocycles. The number of alkyl halides is 3. The van der Waals surface area contributed by atoms with Gasteiger partial charge in [0.15, 0.2) is 5.69 Å². The van der Waals surface area contributed by atoms with Gasteiger partial charge in [-0.3, -0.25) is 0 Å². The zero-order valence-electron chi connectivity index (χ0n) is 12.2. The summed E-state index contributed by atoms with van der Waals surface area (Å²) in [4.78, 5) is 9.07. The lowest BCUT2D eigenvalue weighted by Gasteiger charge is -2.23. The Kier molecular flexibility index (Phi) is 4.22. The fourth-order valence-electron chi connectivity index (χ4n) is 2.70. The number of imidazole rings is 1. The summed E-state index contributed by atoms with van der Waals surface area (Å²) in [6.45, 7) is 4.10. The second-order valence-electron chi connectivity index (χ2n) is 5.57. The molecule has 0 spiro atoms. The van der Waals surface area contributed by atoms with E-state index in [0.29, 0.717) is 24.7 Å². The average molecular weight is 330 g/mol. The van der Waals surface area contributed by atoms with Crippen LogP contribution in [0.1, 0.15) is 27.8 Å². The Labute approximate surface area is 130 Å². The number of nitrogens with zero attached hydrogens (tertiary/aromatic N) is 3. The number of hydrogen-bond donors (Lipinski definition) is 1. The second kappa shape index (κ2) is 6.00. The number of rotatable bonds is 4. The van der Waals surface area contributed by atoms with Crippen molar-refractivity contribution in [1.82, 2.24) is 19.9 Å². The smallest absolute Gasteiger partial charge is 0.334 e. The molecule has 0 amide bonds. The van der Waals surface area contributed by atoms with Gasteiger partial charge in [0.25, 0.3) is 0 Å². The summed E-state index contributed by atoms with van der Waals surface area (Å²) in [6.07, 6.45) is 0.0960. The Morgan fingerprint density at radius 1 is 1.45 bits per heavy atom. The van der Waals surface area contributed by atoms with Gasteiger partial charge in [0, 0.05) is 43.3 Å². The fourth-order valence-corrected chi connectivity index (χ4v) is 3.47. The van der Waals surface area contributed by atoms with Gasteiger partial charge >= 0.3 is 6.18 Å². The van der Waals surface area contributed by atoms with Crippen LogP contribution < -0.4 is 5.32 Å². The molecule has 4 nitrogen and oxygen atoms in total. The van der Waals surface area contributed by atoms with E-state index >= 15 is 0 Å². The van der Waals surface area contributed by atoms with Crippen molar-refractivity contribution >= 4 is 11.3 Å². The first kappa shape index (κ1) is 15.5. The highest BCUT2D eigenvalue weighted by Gasteiger charge is 2.35. The third-order valence-corrected chi connectivity index (χ3v) is 4.69. The van der Waals surface area contributed by atoms with Crippen molar-refractivity contribution in [2.24, 2.45) is 5.92 Å². The number of thiazole rings is 1. The van der Waals surface area contributed by atoms with E-state index in [0.717, 1.165) is 30.7 Å². The highest BCUT2D eigenvalue weighted by molar-refractivity contribution is 7.11. The second-order valence-corrected chi connectivity index (χ2v) is 6.89. The molecule has 0 saturated carbocycles. The zero-order chi connectivity index (χ0) is 15.7. The van der Waals surface area contributed by atoms with E-state index in [2.05, 4.69) is 15.3 Å². The molecule has 0 aromatic carbocycles. The maximum Gasteiger partial charge on any atom is 0.434 e. The van der Waals surface area contributed by atoms with E-state index in [-0.39, 0.29) is 0 Å². The van der Waals surface area contributed by atoms with Crippen LogP contribution in [0.4, 0.5) is 13.2 Å². The van der Waals surface area contributed by atoms with Gasteiger partial charge in [-0.2, -0.15) is 13.2 Å². The van der Waals surface area contributed by atoms with Crippen molar-refractivity contribution in [1.29, 1.82) is 0 Å². The van der Waals surface area contributed by atoms with E-state index < -0.39 is 11.9 Å². The van der Waals surface area contributed by atoms with E-state index in [1.807, 2.05) is 13.1 Å². The summed E-state index contributed by atoms with van der Waals surface area (Å²) in [7, 11) is 0. The van der Waals surface area contributed by atoms with Gasteiger partial charge in [0.05, 0.1) is 5.01 Å². The van der Waals surface area contributed by atoms with Crippen LogP contribution in [0, 0.1) is 12.8 Å². The first-order valence-corrected chi connectivity index (χ1v) is 7.99. The Morgan fingerprint density at radius 3 is 2.95 bits per heavy atom. The Bertz CT molecular complexity index is 647. The number of aromatic nitrogens is 3. The highest BCUT2D eigenvalue weighted by Crippen LogP contribution is 2.30. The Balaban J connectivity index is 1.54. The van der Waals surface area contributed by atoms with Crippen LogP contribution >= 0.6 is 11.3 Å². The summed E-state index contributed by atoms with van der Waals surface area (Å²) in [5.41, 5.74) is -0.781. The third kappa shape index (κ3) is 3.49. The monoisotopic (exact) mass is 330 g/mol. The molecule has 0 unspecified atom stereocenters. The van der Waals surface area contributed by atoms with Crippen LogP contribution in [-0.4, -0.2) is 21.1 Å². The zero-order valence-corrected chi connectivity index (χ0v) is 13.0. The van der Waals surface area contributed by atoms with Gasteiger partial charge in [-0.05, 0) is 19.3 Å². The third-order valence-electron chi connectivity index (χ3n) is 3.78. The van der Waals surface area contributed by atoms with Gasteiger partial charge in [0.2, 0.25) is 0 Å². The number of fused-ring (bicyclic) bond motifs is 1. The van der Waals surface area contributed by atoms with Crippen LogP contribution in [0.3, 0.4) is 0 Å². The molecule has 1 atom stereocenters. The van der Waals surface area contributed by atoms with Crippen molar-refractivity contribution in [2.45, 2.75) is 39.0 Å². The van der Waals surface area contributed by atoms with E-state index in [4.69, 9.17) is 0 Å². The van der Waals surface area contributed by atoms with E-state index in [9.17, 15) is 13.2 Å². The van der Waals surface area contributed by atoms with Crippen molar-refractivity contribution in [3.63, 3.8) is 0 Å². The molecular weight excluding hydrogens is 313 g/mol. The maximum atomic E-state index is 12.7. The summed E-state index contributed by atoms with van der Waals surface area (Å²) >= 11 is 1.66. The lowest BCUT2D eigenvalue weighted by molar-refractivity contribution is -0.141. The standard InChI is InChI=1S/C14H17F3N4S/c1-9-19-6-11(22-9)5-18-4-10-2-3-13-20-12(14(15,16)17)8-21(13)7-10/h6,8,10,18H,2-5,7H2,1H3/t10-/m1/s1. The van der Waals surface area contributed by atoms with Gasteiger partial charge in [-0.1, -0.05) is 0 Å². The molecular formula is C14H17F3N4S. The molecule has 0 fully saturated rings. The van der Waals surface area contributed by atoms with Crippen molar-refractivity contribution in [2.75, 3.05) is 6.54 Å². The molecule has 0 radical (unpaired) electrons. The molecule has 22 heavy (non-hydrogen) atoms. The molecule has 0 saturated heterocycles. The van der Waals surface area contributed by atoms with E-state index in [1.165, 1.54) is 4.88 Å². The van der Waals surface area contributed by atoms with Crippen LogP contribution in [0.2, 0.25) is 0 Å². The summed E-state index contributed by atoms with van der Waals surface area (Å²) < 4.78 is 39.7. The summed E-state index contributed by atoms with van der Waals surface area (Å²) in [5, 5.41) is 4.41. The quantitative estimate of drug-likeness (QED) is 0.937. The summed E-state index contributed by atoms with van der Waals surface area (Å²) in [6, 6.07) is 0. The van der Waals surface area contributed by atoms with Crippen LogP contribution in [0.5, 0.6) is 0 Å². The lowest BCUT2D eigenvalue weighted by atomic mass is 9.99. The van der Waals surface area contributed by atoms with Crippen molar-refractivity contribution < 1.29 is 13.2 Å². The highest BCUT2D eigenvalue weighted by atomic mass is 32.1. The maximum absolute atomic E-state index is 12.7. The van der Waals surface area contributed by atoms with Gasteiger partial charge in [-0.15, -0.1) is 11.3 Å². The molecule has 3 rings (SSSR count). The predicted molar refractivity (Wildman–Crippen MR) is 77.6 cm³/mol. The first-order chi connectivity index (χ1) is 10.4. The van der Waals surface area contributed by atoms with Gasteiger partial charge in [0.1, 0.15) is 5.82 Å². The molecule has 0 bridgehead atoms. The normalized spacial score (nSPS) is 18.5. The number of hydrogen-bond acceptors (Lipinski definition) is 4. The predicted octanol–water partition coefficient (Wildman–Crippen LogP) is 3.02. The van der Waals surface area contributed by atoms with Gasteiger partial charge < -0.3 is 9.88 Å². The summed E-state index contributed by atoms with van der Waals surface area (Å²) in [5.74, 6) is 0.874. The van der Waals surface area contributed by atoms with E-state index in [1.54, 1.807) is 15.9 Å². The topological polar surface area (TPSA) is 42.7 Å². The van der Waals surface area contributed by atoms with Crippen LogP contribution in [-0.2, 0) is 25.7 Å². The molecule has 0 aliphatic carbocycles. The van der Waals surface area contributed by atoms with Crippen LogP contribution in [0.25, 0.3) is 0 Å². The minimum Gasteiger partial charge on any atom is -0.334 e. The number of nitrogens with one attached hydrogen (secondary N) is 1. The Morgan fingerprint density at radius 2 is 2.27 bits per heavy atom. The lowest BCUT2D eigenvalue weighted by Crippen LogP contribution is -2.29. The average Bonchev–Trinajstić information content (AvgIpc) is 3.04. The SMILES string of the molecule is Cc1ncc(CNC[C@H]2CCc3nc(C(F)(F)F)cn3C2)s1. The van der Waals surface area contributed by atoms with Crippen LogP contribution in [0.15, 0.2) is 12.4 Å². The minimum absolute atomic E-state index is 0.330. The molecule has 1 aliphatic rings. The molecule has 3 heterocycles. The molecule has 120 valence electrons. The molecule has 8 heteroatoms. The molecule has 2 aromatic heterocycles. The van der Waals surface area contributed by atoms with Gasteiger partial charge in [-0.25, -0.2) is 9.97 Å². The fraction of sp³-hybridized carbons (Fsp3) is 0.571. The van der Waals surface area contributed by atoms with Crippen molar-refractivity contribution in [3.8, 4) is 0 Å². The molecule has 1 N–H and O–H groups in total. The Hall–Kier alpha value is -1.41. The first-order valence-electron chi connectivity index (χ1n) is 7.17. The minimum atomic E-state index is -4.36. The number of halogens is 3.